The number of phenolic OH excluding ortho intramolecular Hbond substituents is 1. The quantitative estimate of drug-likeness (QED) is 0.430. The van der Waals surface area contributed by atoms with Crippen LogP contribution in [0.5, 0.6) is 5.75 Å². The third-order valence-electron chi connectivity index (χ3n) is 6.57. The molecule has 2 N–H and O–H groups in total. The molecule has 2 aliphatic rings. The highest BCUT2D eigenvalue weighted by Gasteiger charge is 2.12. The summed E-state index contributed by atoms with van der Waals surface area (Å²) in [6, 6.07) is 5.72. The molecule has 36 heavy (non-hydrogen) atoms. The fourth-order valence-electron chi connectivity index (χ4n) is 4.41. The summed E-state index contributed by atoms with van der Waals surface area (Å²) in [7, 11) is 0. The zero-order chi connectivity index (χ0) is 25.9. The Kier molecular flexibility index (Phi) is 10.7. The Hall–Kier alpha value is -2.99. The Labute approximate surface area is 217 Å². The smallest absolute Gasteiger partial charge is 0.148 e. The second-order valence-electron chi connectivity index (χ2n) is 10.3. The van der Waals surface area contributed by atoms with Crippen molar-refractivity contribution in [3.63, 3.8) is 0 Å². The Morgan fingerprint density at radius 3 is 2.50 bits per heavy atom. The van der Waals surface area contributed by atoms with Gasteiger partial charge in [-0.1, -0.05) is 39.8 Å². The third-order valence-corrected chi connectivity index (χ3v) is 6.57. The summed E-state index contributed by atoms with van der Waals surface area (Å²) in [6.07, 6.45) is 13.0. The lowest BCUT2D eigenvalue weighted by Gasteiger charge is -2.25. The van der Waals surface area contributed by atoms with E-state index in [0.29, 0.717) is 11.6 Å². The number of aliphatic imine (C=N–C) groups is 1. The summed E-state index contributed by atoms with van der Waals surface area (Å²) < 4.78 is 0. The molecule has 0 aliphatic carbocycles. The van der Waals surface area contributed by atoms with E-state index in [2.05, 4.69) is 65.5 Å². The molecular formula is C30H43N5O. The summed E-state index contributed by atoms with van der Waals surface area (Å²) >= 11 is 0. The van der Waals surface area contributed by atoms with Crippen LogP contribution in [0.1, 0.15) is 70.2 Å². The van der Waals surface area contributed by atoms with E-state index in [9.17, 15) is 5.11 Å². The number of hydrogen-bond donors (Lipinski definition) is 2. The molecular weight excluding hydrogens is 446 g/mol. The minimum atomic E-state index is 0.384. The van der Waals surface area contributed by atoms with Gasteiger partial charge >= 0.3 is 0 Å². The zero-order valence-corrected chi connectivity index (χ0v) is 22.6. The maximum atomic E-state index is 9.35. The summed E-state index contributed by atoms with van der Waals surface area (Å²) in [4.78, 5) is 15.8. The number of aryl methyl sites for hydroxylation is 2. The van der Waals surface area contributed by atoms with E-state index >= 15 is 0 Å². The first-order valence-electron chi connectivity index (χ1n) is 13.4. The first-order valence-corrected chi connectivity index (χ1v) is 13.4. The van der Waals surface area contributed by atoms with Gasteiger partial charge in [-0.15, -0.1) is 0 Å². The van der Waals surface area contributed by atoms with Gasteiger partial charge in [-0.05, 0) is 92.9 Å². The molecule has 0 bridgehead atoms. The number of aromatic nitrogens is 2. The lowest BCUT2D eigenvalue weighted by molar-refractivity contribution is 0.218. The van der Waals surface area contributed by atoms with Crippen molar-refractivity contribution in [3.05, 3.63) is 71.3 Å². The van der Waals surface area contributed by atoms with Gasteiger partial charge in [0.15, 0.2) is 0 Å². The molecule has 0 atom stereocenters. The maximum Gasteiger partial charge on any atom is 0.148 e. The van der Waals surface area contributed by atoms with Crippen molar-refractivity contribution in [2.75, 3.05) is 25.0 Å². The highest BCUT2D eigenvalue weighted by atomic mass is 16.3. The Morgan fingerprint density at radius 2 is 1.89 bits per heavy atom. The fraction of sp³-hybridized carbons (Fsp3) is 0.500. The number of benzene rings is 1. The minimum absolute atomic E-state index is 0.384. The predicted molar refractivity (Wildman–Crippen MR) is 151 cm³/mol. The number of rotatable bonds is 9. The number of likely N-dealkylation sites (tertiary alicyclic amines) is 1. The van der Waals surface area contributed by atoms with Crippen molar-refractivity contribution in [1.82, 2.24) is 14.9 Å². The van der Waals surface area contributed by atoms with Crippen LogP contribution in [0.15, 0.2) is 59.5 Å². The molecule has 0 radical (unpaired) electrons. The predicted octanol–water partition coefficient (Wildman–Crippen LogP) is 6.33. The number of aromatic hydroxyl groups is 1. The van der Waals surface area contributed by atoms with Gasteiger partial charge in [0.05, 0.1) is 36.0 Å². The highest BCUT2D eigenvalue weighted by Crippen LogP contribution is 2.20. The highest BCUT2D eigenvalue weighted by molar-refractivity contribution is 6.11. The van der Waals surface area contributed by atoms with Crippen LogP contribution in [0, 0.1) is 5.92 Å². The summed E-state index contributed by atoms with van der Waals surface area (Å²) in [5.74, 6) is 1.84. The number of nitrogens with zero attached hydrogens (tertiary/aromatic N) is 4. The molecule has 1 aromatic heterocycles. The maximum absolute atomic E-state index is 9.35. The van der Waals surface area contributed by atoms with E-state index in [0.717, 1.165) is 49.0 Å². The molecule has 6 nitrogen and oxygen atoms in total. The van der Waals surface area contributed by atoms with Gasteiger partial charge in [-0.2, -0.15) is 0 Å². The van der Waals surface area contributed by atoms with Crippen molar-refractivity contribution >= 4 is 11.5 Å². The molecule has 194 valence electrons. The summed E-state index contributed by atoms with van der Waals surface area (Å²) in [6.45, 7) is 16.7. The first-order chi connectivity index (χ1) is 17.3. The molecule has 0 unspecified atom stereocenters. The number of phenols is 1. The van der Waals surface area contributed by atoms with E-state index in [1.807, 2.05) is 18.3 Å². The van der Waals surface area contributed by atoms with Gasteiger partial charge in [0.2, 0.25) is 0 Å². The summed E-state index contributed by atoms with van der Waals surface area (Å²) in [5, 5.41) is 12.5. The van der Waals surface area contributed by atoms with Gasteiger partial charge in [-0.3, -0.25) is 14.9 Å². The van der Waals surface area contributed by atoms with Crippen molar-refractivity contribution in [2.24, 2.45) is 10.9 Å². The molecule has 4 rings (SSSR count). The molecule has 2 aliphatic heterocycles. The van der Waals surface area contributed by atoms with E-state index in [1.165, 1.54) is 55.5 Å². The van der Waals surface area contributed by atoms with Gasteiger partial charge < -0.3 is 10.4 Å². The third kappa shape index (κ3) is 8.90. The molecule has 0 saturated carbocycles. The van der Waals surface area contributed by atoms with Gasteiger partial charge in [0, 0.05) is 6.54 Å². The topological polar surface area (TPSA) is 73.6 Å². The molecule has 0 amide bonds. The van der Waals surface area contributed by atoms with Crippen LogP contribution in [0.4, 0.5) is 5.82 Å². The molecule has 2 aromatic rings. The van der Waals surface area contributed by atoms with Crippen LogP contribution in [-0.4, -0.2) is 45.3 Å². The van der Waals surface area contributed by atoms with Crippen LogP contribution >= 0.6 is 0 Å². The van der Waals surface area contributed by atoms with Crippen LogP contribution in [0.25, 0.3) is 0 Å². The van der Waals surface area contributed by atoms with Gasteiger partial charge in [0.1, 0.15) is 11.6 Å². The number of nitrogens with one attached hydrogen (secondary N) is 1. The average molecular weight is 490 g/mol. The van der Waals surface area contributed by atoms with Crippen LogP contribution in [0.3, 0.4) is 0 Å². The van der Waals surface area contributed by atoms with Gasteiger partial charge in [-0.25, -0.2) is 4.98 Å². The fourth-order valence-corrected chi connectivity index (χ4v) is 4.41. The Morgan fingerprint density at radius 1 is 1.11 bits per heavy atom. The second kappa shape index (κ2) is 13.9. The standard InChI is InChI=1S/C17H23N5.C13H20O/c1-13-8-16(19-9-13)14(2)21-17-11-18-15(10-20-17)12-22-6-4-3-5-7-22;1-4-11-9-13(14)8-7-12(11)6-5-10(2)3/h8,10-11H,2-7,9,12H2,1H3,(H,20,21);7-10,14H,4-6H2,1-3H3. The molecule has 0 spiro atoms. The number of anilines is 1. The first kappa shape index (κ1) is 27.6. The van der Waals surface area contributed by atoms with E-state index in [4.69, 9.17) is 0 Å². The number of piperidine rings is 1. The SMILES string of the molecule is C=C(Nc1cnc(CN2CCCCC2)cn1)C1=NCC(C)=C1.CCc1cc(O)ccc1CCC(C)C. The number of hydrogen-bond acceptors (Lipinski definition) is 6. The number of allylic oxidation sites excluding steroid dienone is 1. The second-order valence-corrected chi connectivity index (χ2v) is 10.3. The molecule has 1 saturated heterocycles. The molecule has 3 heterocycles. The lowest BCUT2D eigenvalue weighted by Crippen LogP contribution is -2.29. The minimum Gasteiger partial charge on any atom is -0.508 e. The normalized spacial score (nSPS) is 15.7. The molecule has 6 heteroatoms. The van der Waals surface area contributed by atoms with Crippen LogP contribution < -0.4 is 5.32 Å². The lowest BCUT2D eigenvalue weighted by atomic mass is 9.97. The summed E-state index contributed by atoms with van der Waals surface area (Å²) in [5.41, 5.74) is 6.61. The average Bonchev–Trinajstić information content (AvgIpc) is 3.32. The van der Waals surface area contributed by atoms with E-state index < -0.39 is 0 Å². The Balaban J connectivity index is 0.000000223. The van der Waals surface area contributed by atoms with Crippen molar-refractivity contribution < 1.29 is 5.11 Å². The van der Waals surface area contributed by atoms with Gasteiger partial charge in [0.25, 0.3) is 0 Å². The van der Waals surface area contributed by atoms with Crippen LogP contribution in [-0.2, 0) is 19.4 Å². The van der Waals surface area contributed by atoms with Crippen molar-refractivity contribution in [1.29, 1.82) is 0 Å². The van der Waals surface area contributed by atoms with Crippen molar-refractivity contribution in [3.8, 4) is 5.75 Å². The van der Waals surface area contributed by atoms with Crippen LogP contribution in [0.2, 0.25) is 0 Å². The zero-order valence-electron chi connectivity index (χ0n) is 22.6. The Bertz CT molecular complexity index is 1050. The largest absolute Gasteiger partial charge is 0.508 e. The van der Waals surface area contributed by atoms with E-state index in [1.54, 1.807) is 12.3 Å². The molecule has 1 aromatic carbocycles. The van der Waals surface area contributed by atoms with E-state index in [-0.39, 0.29) is 0 Å². The molecule has 1 fully saturated rings. The monoisotopic (exact) mass is 489 g/mol. The van der Waals surface area contributed by atoms with Crippen molar-refractivity contribution in [2.45, 2.75) is 72.8 Å².